The summed E-state index contributed by atoms with van der Waals surface area (Å²) in [6, 6.07) is 5.24. The summed E-state index contributed by atoms with van der Waals surface area (Å²) >= 11 is 11.1. The van der Waals surface area contributed by atoms with Crippen molar-refractivity contribution in [3.05, 3.63) is 28.8 Å². The molecule has 1 fully saturated rings. The molecule has 2 rings (SSSR count). The van der Waals surface area contributed by atoms with E-state index < -0.39 is 0 Å². The van der Waals surface area contributed by atoms with Crippen LogP contribution in [0, 0.1) is 0 Å². The lowest BCUT2D eigenvalue weighted by atomic mass is 10.1. The molecule has 1 aromatic rings. The van der Waals surface area contributed by atoms with Crippen molar-refractivity contribution in [1.82, 2.24) is 0 Å². The third-order valence-electron chi connectivity index (χ3n) is 3.36. The predicted molar refractivity (Wildman–Crippen MR) is 84.3 cm³/mol. The number of ether oxygens (including phenoxy) is 1. The van der Waals surface area contributed by atoms with Crippen LogP contribution in [0.4, 0.5) is 5.69 Å². The van der Waals surface area contributed by atoms with E-state index in [0.717, 1.165) is 25.1 Å². The molecule has 2 N–H and O–H groups in total. The van der Waals surface area contributed by atoms with Gasteiger partial charge in [0.15, 0.2) is 0 Å². The van der Waals surface area contributed by atoms with E-state index in [1.165, 1.54) is 0 Å². The molecule has 0 amide bonds. The van der Waals surface area contributed by atoms with E-state index in [-0.39, 0.29) is 17.0 Å². The SMILES string of the molecule is CCOC(=O)C1CCCN1c1ccc(C(N)=S)c(Cl)c1. The molecule has 0 aromatic heterocycles. The maximum Gasteiger partial charge on any atom is 0.328 e. The summed E-state index contributed by atoms with van der Waals surface area (Å²) in [6.07, 6.45) is 1.76. The van der Waals surface area contributed by atoms with Crippen molar-refractivity contribution in [2.75, 3.05) is 18.1 Å². The van der Waals surface area contributed by atoms with Crippen molar-refractivity contribution in [3.8, 4) is 0 Å². The molecule has 6 heteroatoms. The lowest BCUT2D eigenvalue weighted by molar-refractivity contribution is -0.144. The van der Waals surface area contributed by atoms with Gasteiger partial charge in [0.25, 0.3) is 0 Å². The third-order valence-corrected chi connectivity index (χ3v) is 3.89. The van der Waals surface area contributed by atoms with Crippen molar-refractivity contribution in [2.45, 2.75) is 25.8 Å². The van der Waals surface area contributed by atoms with Crippen molar-refractivity contribution in [3.63, 3.8) is 0 Å². The summed E-state index contributed by atoms with van der Waals surface area (Å²) in [5.74, 6) is -0.181. The molecule has 4 nitrogen and oxygen atoms in total. The molecule has 0 bridgehead atoms. The Bertz CT molecular complexity index is 536. The lowest BCUT2D eigenvalue weighted by Gasteiger charge is -2.25. The topological polar surface area (TPSA) is 55.6 Å². The van der Waals surface area contributed by atoms with Gasteiger partial charge in [-0.3, -0.25) is 0 Å². The van der Waals surface area contributed by atoms with Crippen LogP contribution in [-0.2, 0) is 9.53 Å². The second-order valence-corrected chi connectivity index (χ2v) is 5.48. The highest BCUT2D eigenvalue weighted by atomic mass is 35.5. The Morgan fingerprint density at radius 2 is 2.35 bits per heavy atom. The average Bonchev–Trinajstić information content (AvgIpc) is 2.87. The van der Waals surface area contributed by atoms with E-state index in [2.05, 4.69) is 0 Å². The molecule has 1 aliphatic heterocycles. The van der Waals surface area contributed by atoms with Gasteiger partial charge in [0.1, 0.15) is 11.0 Å². The second-order valence-electron chi connectivity index (χ2n) is 4.63. The Labute approximate surface area is 128 Å². The maximum absolute atomic E-state index is 12.0. The van der Waals surface area contributed by atoms with Crippen molar-refractivity contribution >= 4 is 40.5 Å². The van der Waals surface area contributed by atoms with Crippen LogP contribution in [0.3, 0.4) is 0 Å². The molecule has 1 saturated heterocycles. The molecule has 1 heterocycles. The van der Waals surface area contributed by atoms with Crippen LogP contribution in [0.2, 0.25) is 5.02 Å². The van der Waals surface area contributed by atoms with Crippen LogP contribution in [0.5, 0.6) is 0 Å². The minimum atomic E-state index is -0.235. The van der Waals surface area contributed by atoms with Gasteiger partial charge in [0.2, 0.25) is 0 Å². The minimum Gasteiger partial charge on any atom is -0.464 e. The number of benzene rings is 1. The Morgan fingerprint density at radius 3 is 2.95 bits per heavy atom. The number of nitrogens with two attached hydrogens (primary N) is 1. The number of esters is 1. The monoisotopic (exact) mass is 312 g/mol. The predicted octanol–water partition coefficient (Wildman–Crippen LogP) is 2.51. The Balaban J connectivity index is 2.24. The highest BCUT2D eigenvalue weighted by Gasteiger charge is 2.32. The van der Waals surface area contributed by atoms with E-state index in [1.54, 1.807) is 12.1 Å². The maximum atomic E-state index is 12.0. The fourth-order valence-corrected chi connectivity index (χ4v) is 2.95. The summed E-state index contributed by atoms with van der Waals surface area (Å²) in [7, 11) is 0. The highest BCUT2D eigenvalue weighted by molar-refractivity contribution is 7.80. The molecule has 0 saturated carbocycles. The largest absolute Gasteiger partial charge is 0.464 e. The molecular weight excluding hydrogens is 296 g/mol. The number of hydrogen-bond donors (Lipinski definition) is 1. The van der Waals surface area contributed by atoms with Gasteiger partial charge in [-0.2, -0.15) is 0 Å². The summed E-state index contributed by atoms with van der Waals surface area (Å²) in [6.45, 7) is 3.02. The fraction of sp³-hybridized carbons (Fsp3) is 0.429. The number of nitrogens with zero attached hydrogens (tertiary/aromatic N) is 1. The summed E-state index contributed by atoms with van der Waals surface area (Å²) in [5.41, 5.74) is 7.14. The first-order chi connectivity index (χ1) is 9.54. The van der Waals surface area contributed by atoms with Crippen LogP contribution >= 0.6 is 23.8 Å². The van der Waals surface area contributed by atoms with Gasteiger partial charge in [-0.15, -0.1) is 0 Å². The van der Waals surface area contributed by atoms with Gasteiger partial charge in [0.05, 0.1) is 11.6 Å². The molecule has 0 aliphatic carbocycles. The number of hydrogen-bond acceptors (Lipinski definition) is 4. The van der Waals surface area contributed by atoms with E-state index in [4.69, 9.17) is 34.3 Å². The average molecular weight is 313 g/mol. The first-order valence-corrected chi connectivity index (χ1v) is 7.36. The van der Waals surface area contributed by atoms with Crippen LogP contribution in [0.25, 0.3) is 0 Å². The standard InChI is InChI=1S/C14H17ClN2O2S/c1-2-19-14(18)12-4-3-7-17(12)9-5-6-10(13(16)20)11(15)8-9/h5-6,8,12H,2-4,7H2,1H3,(H2,16,20). The molecule has 108 valence electrons. The Morgan fingerprint density at radius 1 is 1.60 bits per heavy atom. The highest BCUT2D eigenvalue weighted by Crippen LogP contribution is 2.30. The zero-order valence-corrected chi connectivity index (χ0v) is 12.8. The number of halogens is 1. The normalized spacial score (nSPS) is 18.1. The van der Waals surface area contributed by atoms with Gasteiger partial charge >= 0.3 is 5.97 Å². The van der Waals surface area contributed by atoms with E-state index in [1.807, 2.05) is 17.9 Å². The van der Waals surface area contributed by atoms with Gasteiger partial charge in [-0.25, -0.2) is 4.79 Å². The van der Waals surface area contributed by atoms with Gasteiger partial charge in [-0.05, 0) is 38.0 Å². The van der Waals surface area contributed by atoms with Crippen LogP contribution < -0.4 is 10.6 Å². The van der Waals surface area contributed by atoms with Gasteiger partial charge < -0.3 is 15.4 Å². The van der Waals surface area contributed by atoms with E-state index >= 15 is 0 Å². The first-order valence-electron chi connectivity index (χ1n) is 6.57. The molecule has 1 aliphatic rings. The quantitative estimate of drug-likeness (QED) is 0.684. The molecular formula is C14H17ClN2O2S. The third kappa shape index (κ3) is 3.04. The first kappa shape index (κ1) is 15.1. The number of carbonyl (C=O) groups is 1. The molecule has 1 unspecified atom stereocenters. The molecule has 0 radical (unpaired) electrons. The molecule has 1 atom stereocenters. The summed E-state index contributed by atoms with van der Waals surface area (Å²) < 4.78 is 5.12. The van der Waals surface area contributed by atoms with Crippen LogP contribution in [0.1, 0.15) is 25.3 Å². The molecule has 0 spiro atoms. The number of carbonyl (C=O) groups excluding carboxylic acids is 1. The summed E-state index contributed by atoms with van der Waals surface area (Å²) in [4.78, 5) is 14.2. The molecule has 20 heavy (non-hydrogen) atoms. The summed E-state index contributed by atoms with van der Waals surface area (Å²) in [5, 5.41) is 0.504. The Hall–Kier alpha value is -1.33. The van der Waals surface area contributed by atoms with Crippen LogP contribution in [0.15, 0.2) is 18.2 Å². The lowest BCUT2D eigenvalue weighted by Crippen LogP contribution is -2.37. The minimum absolute atomic E-state index is 0.181. The van der Waals surface area contributed by atoms with E-state index in [9.17, 15) is 4.79 Å². The fourth-order valence-electron chi connectivity index (χ4n) is 2.44. The number of anilines is 1. The zero-order chi connectivity index (χ0) is 14.7. The molecule has 1 aromatic carbocycles. The number of rotatable bonds is 4. The van der Waals surface area contributed by atoms with Crippen molar-refractivity contribution < 1.29 is 9.53 Å². The number of thiocarbonyl (C=S) groups is 1. The second kappa shape index (κ2) is 6.41. The Kier molecular flexibility index (Phi) is 4.83. The van der Waals surface area contributed by atoms with Crippen molar-refractivity contribution in [2.24, 2.45) is 5.73 Å². The van der Waals surface area contributed by atoms with Gasteiger partial charge in [-0.1, -0.05) is 23.8 Å². The van der Waals surface area contributed by atoms with Crippen molar-refractivity contribution in [1.29, 1.82) is 0 Å². The van der Waals surface area contributed by atoms with Crippen LogP contribution in [-0.4, -0.2) is 30.2 Å². The van der Waals surface area contributed by atoms with E-state index in [0.29, 0.717) is 17.2 Å². The van der Waals surface area contributed by atoms with Gasteiger partial charge in [0, 0.05) is 17.8 Å². The smallest absolute Gasteiger partial charge is 0.328 e. The zero-order valence-electron chi connectivity index (χ0n) is 11.3.